The van der Waals surface area contributed by atoms with Crippen LogP contribution in [0.1, 0.15) is 39.2 Å². The summed E-state index contributed by atoms with van der Waals surface area (Å²) in [6.45, 7) is 1.98. The Balaban J connectivity index is 1.82. The van der Waals surface area contributed by atoms with Crippen LogP contribution in [0.2, 0.25) is 0 Å². The van der Waals surface area contributed by atoms with Gasteiger partial charge >= 0.3 is 0 Å². The van der Waals surface area contributed by atoms with Gasteiger partial charge in [0.15, 0.2) is 5.78 Å². The Labute approximate surface area is 154 Å². The number of carbonyl (C=O) groups is 1. The van der Waals surface area contributed by atoms with Crippen LogP contribution in [-0.4, -0.2) is 35.5 Å². The topological polar surface area (TPSA) is 51.3 Å². The summed E-state index contributed by atoms with van der Waals surface area (Å²) in [4.78, 5) is 15.3. The maximum atomic E-state index is 13.0. The first-order valence-corrected chi connectivity index (χ1v) is 9.15. The first kappa shape index (κ1) is 16.9. The number of likely N-dealkylation sites (N-methyl/N-ethyl adjacent to an activating group) is 1. The van der Waals surface area contributed by atoms with Crippen LogP contribution in [-0.2, 0) is 12.8 Å². The molecule has 4 nitrogen and oxygen atoms in total. The van der Waals surface area contributed by atoms with Crippen LogP contribution >= 0.6 is 0 Å². The van der Waals surface area contributed by atoms with Crippen LogP contribution in [0, 0.1) is 6.92 Å². The summed E-state index contributed by atoms with van der Waals surface area (Å²) in [6.07, 6.45) is 3.07. The Kier molecular flexibility index (Phi) is 4.08. The second-order valence-corrected chi connectivity index (χ2v) is 7.53. The van der Waals surface area contributed by atoms with Gasteiger partial charge in [-0.25, -0.2) is 0 Å². The van der Waals surface area contributed by atoms with Gasteiger partial charge in [0, 0.05) is 28.2 Å². The van der Waals surface area contributed by atoms with Crippen molar-refractivity contribution in [3.8, 4) is 0 Å². The molecule has 0 aliphatic heterocycles. The zero-order chi connectivity index (χ0) is 18.4. The molecule has 1 aromatic heterocycles. The van der Waals surface area contributed by atoms with E-state index in [0.717, 1.165) is 46.9 Å². The van der Waals surface area contributed by atoms with Crippen molar-refractivity contribution >= 4 is 16.7 Å². The predicted octanol–water partition coefficient (Wildman–Crippen LogP) is 3.31. The molecule has 26 heavy (non-hydrogen) atoms. The second-order valence-electron chi connectivity index (χ2n) is 7.53. The lowest BCUT2D eigenvalue weighted by atomic mass is 9.90. The van der Waals surface area contributed by atoms with Gasteiger partial charge < -0.3 is 10.7 Å². The maximum Gasteiger partial charge on any atom is 0.193 e. The standard InChI is InChI=1S/C22H25N3O/c1-14-6-4-5-7-17(14)22(26)15-8-10-20-18(12-15)19-13-16(24(2)3)9-11-21(19)25(20)23/h4-8,10,12,16H,9,11,13,23H2,1-3H3. The van der Waals surface area contributed by atoms with E-state index in [-0.39, 0.29) is 5.78 Å². The van der Waals surface area contributed by atoms with E-state index in [1.165, 1.54) is 11.3 Å². The molecule has 0 spiro atoms. The number of ketones is 1. The number of rotatable bonds is 3. The minimum Gasteiger partial charge on any atom is -0.339 e. The van der Waals surface area contributed by atoms with Gasteiger partial charge in [-0.15, -0.1) is 0 Å². The number of nitrogens with zero attached hydrogens (tertiary/aromatic N) is 2. The lowest BCUT2D eigenvalue weighted by Crippen LogP contribution is -2.34. The van der Waals surface area contributed by atoms with Gasteiger partial charge in [-0.05, 0) is 69.6 Å². The van der Waals surface area contributed by atoms with Gasteiger partial charge in [-0.2, -0.15) is 0 Å². The number of fused-ring (bicyclic) bond motifs is 3. The van der Waals surface area contributed by atoms with E-state index in [2.05, 4.69) is 19.0 Å². The summed E-state index contributed by atoms with van der Waals surface area (Å²) in [7, 11) is 4.26. The summed E-state index contributed by atoms with van der Waals surface area (Å²) >= 11 is 0. The average molecular weight is 347 g/mol. The van der Waals surface area contributed by atoms with Gasteiger partial charge in [0.25, 0.3) is 0 Å². The van der Waals surface area contributed by atoms with E-state index in [1.807, 2.05) is 54.1 Å². The minimum atomic E-state index is 0.0727. The Bertz CT molecular complexity index is 1000. The molecule has 0 radical (unpaired) electrons. The van der Waals surface area contributed by atoms with E-state index in [4.69, 9.17) is 5.84 Å². The molecule has 2 N–H and O–H groups in total. The molecule has 0 bridgehead atoms. The molecule has 1 aliphatic carbocycles. The molecule has 0 saturated carbocycles. The molecule has 0 amide bonds. The Morgan fingerprint density at radius 2 is 1.96 bits per heavy atom. The first-order chi connectivity index (χ1) is 12.5. The van der Waals surface area contributed by atoms with Crippen LogP contribution in [0.5, 0.6) is 0 Å². The van der Waals surface area contributed by atoms with Crippen molar-refractivity contribution < 1.29 is 4.79 Å². The SMILES string of the molecule is Cc1ccccc1C(=O)c1ccc2c(c1)c1c(n2N)CCC(N(C)C)C1. The number of hydrogen-bond acceptors (Lipinski definition) is 3. The fourth-order valence-electron chi connectivity index (χ4n) is 4.14. The van der Waals surface area contributed by atoms with E-state index >= 15 is 0 Å². The lowest BCUT2D eigenvalue weighted by molar-refractivity contribution is 0.103. The highest BCUT2D eigenvalue weighted by Gasteiger charge is 2.26. The summed E-state index contributed by atoms with van der Waals surface area (Å²) in [5.74, 6) is 6.43. The fraction of sp³-hybridized carbons (Fsp3) is 0.318. The summed E-state index contributed by atoms with van der Waals surface area (Å²) < 4.78 is 1.82. The summed E-state index contributed by atoms with van der Waals surface area (Å²) in [6, 6.07) is 14.2. The molecule has 0 saturated heterocycles. The average Bonchev–Trinajstić information content (AvgIpc) is 2.93. The molecular formula is C22H25N3O. The smallest absolute Gasteiger partial charge is 0.193 e. The number of hydrogen-bond donors (Lipinski definition) is 1. The van der Waals surface area contributed by atoms with E-state index in [9.17, 15) is 4.79 Å². The normalized spacial score (nSPS) is 16.8. The molecule has 134 valence electrons. The van der Waals surface area contributed by atoms with Gasteiger partial charge in [-0.3, -0.25) is 9.47 Å². The molecule has 3 aromatic rings. The van der Waals surface area contributed by atoms with E-state index < -0.39 is 0 Å². The monoisotopic (exact) mass is 347 g/mol. The van der Waals surface area contributed by atoms with Crippen LogP contribution in [0.3, 0.4) is 0 Å². The number of carbonyl (C=O) groups excluding carboxylic acids is 1. The Morgan fingerprint density at radius 1 is 1.19 bits per heavy atom. The van der Waals surface area contributed by atoms with Crippen molar-refractivity contribution in [1.29, 1.82) is 0 Å². The fourth-order valence-corrected chi connectivity index (χ4v) is 4.14. The summed E-state index contributed by atoms with van der Waals surface area (Å²) in [5.41, 5.74) is 6.01. The molecule has 1 unspecified atom stereocenters. The van der Waals surface area contributed by atoms with E-state index in [0.29, 0.717) is 6.04 Å². The van der Waals surface area contributed by atoms with Crippen LogP contribution in [0.25, 0.3) is 10.9 Å². The highest BCUT2D eigenvalue weighted by atomic mass is 16.1. The third kappa shape index (κ3) is 2.61. The number of nitrogens with two attached hydrogens (primary N) is 1. The highest BCUT2D eigenvalue weighted by molar-refractivity contribution is 6.11. The highest BCUT2D eigenvalue weighted by Crippen LogP contribution is 2.33. The number of benzene rings is 2. The predicted molar refractivity (Wildman–Crippen MR) is 106 cm³/mol. The van der Waals surface area contributed by atoms with Crippen molar-refractivity contribution in [3.05, 3.63) is 70.4 Å². The Hall–Kier alpha value is -2.59. The molecule has 4 rings (SSSR count). The van der Waals surface area contributed by atoms with Gasteiger partial charge in [0.1, 0.15) is 0 Å². The quantitative estimate of drug-likeness (QED) is 0.584. The third-order valence-electron chi connectivity index (χ3n) is 5.76. The molecule has 2 aromatic carbocycles. The van der Waals surface area contributed by atoms with Crippen LogP contribution < -0.4 is 5.84 Å². The minimum absolute atomic E-state index is 0.0727. The van der Waals surface area contributed by atoms with Crippen molar-refractivity contribution in [1.82, 2.24) is 9.58 Å². The van der Waals surface area contributed by atoms with Crippen molar-refractivity contribution in [3.63, 3.8) is 0 Å². The second kappa shape index (κ2) is 6.29. The summed E-state index contributed by atoms with van der Waals surface area (Å²) in [5, 5.41) is 1.12. The van der Waals surface area contributed by atoms with Gasteiger partial charge in [-0.1, -0.05) is 24.3 Å². The third-order valence-corrected chi connectivity index (χ3v) is 5.76. The molecule has 4 heteroatoms. The lowest BCUT2D eigenvalue weighted by Gasteiger charge is -2.28. The number of nitrogen functional groups attached to an aromatic ring is 1. The molecule has 1 aliphatic rings. The molecule has 1 atom stereocenters. The zero-order valence-electron chi connectivity index (χ0n) is 15.6. The van der Waals surface area contributed by atoms with Crippen LogP contribution in [0.4, 0.5) is 0 Å². The first-order valence-electron chi connectivity index (χ1n) is 9.15. The zero-order valence-corrected chi connectivity index (χ0v) is 15.6. The largest absolute Gasteiger partial charge is 0.339 e. The number of aryl methyl sites for hydroxylation is 1. The molecule has 1 heterocycles. The van der Waals surface area contributed by atoms with Gasteiger partial charge in [0.2, 0.25) is 0 Å². The Morgan fingerprint density at radius 3 is 2.69 bits per heavy atom. The maximum absolute atomic E-state index is 13.0. The van der Waals surface area contributed by atoms with Crippen molar-refractivity contribution in [2.75, 3.05) is 19.9 Å². The van der Waals surface area contributed by atoms with Gasteiger partial charge in [0.05, 0.1) is 5.52 Å². The molecular weight excluding hydrogens is 322 g/mol. The number of aromatic nitrogens is 1. The van der Waals surface area contributed by atoms with Crippen molar-refractivity contribution in [2.24, 2.45) is 0 Å². The van der Waals surface area contributed by atoms with Crippen molar-refractivity contribution in [2.45, 2.75) is 32.2 Å². The van der Waals surface area contributed by atoms with E-state index in [1.54, 1.807) is 0 Å². The molecule has 0 fully saturated rings. The van der Waals surface area contributed by atoms with Crippen LogP contribution in [0.15, 0.2) is 42.5 Å².